The minimum absolute atomic E-state index is 0.832. The number of nitriles is 2. The molecule has 0 aliphatic heterocycles. The van der Waals surface area contributed by atoms with Crippen molar-refractivity contribution in [2.75, 3.05) is 0 Å². The first kappa shape index (κ1) is 15.7. The lowest BCUT2D eigenvalue weighted by Gasteiger charge is -2.31. The first-order valence-corrected chi connectivity index (χ1v) is 7.02. The summed E-state index contributed by atoms with van der Waals surface area (Å²) in [5.41, 5.74) is 5.83. The zero-order valence-corrected chi connectivity index (χ0v) is 12.7. The highest BCUT2D eigenvalue weighted by Crippen LogP contribution is 2.22. The highest BCUT2D eigenvalue weighted by atomic mass is 15.4. The van der Waals surface area contributed by atoms with Crippen molar-refractivity contribution in [2.45, 2.75) is 24.9 Å². The SMILES string of the molecule is C[C@](C#N)(NN[C@@](C)(C#N)c1ccccc1)c1ccccc1. The summed E-state index contributed by atoms with van der Waals surface area (Å²) in [6.45, 7) is 3.55. The first-order chi connectivity index (χ1) is 10.5. The molecule has 2 atom stereocenters. The Hall–Kier alpha value is -2.66. The van der Waals surface area contributed by atoms with Crippen LogP contribution in [0.4, 0.5) is 0 Å². The third-order valence-corrected chi connectivity index (χ3v) is 3.71. The Kier molecular flexibility index (Phi) is 4.58. The van der Waals surface area contributed by atoms with Crippen LogP contribution in [0.5, 0.6) is 0 Å². The molecule has 0 unspecified atom stereocenters. The first-order valence-electron chi connectivity index (χ1n) is 7.02. The van der Waals surface area contributed by atoms with E-state index in [0.717, 1.165) is 11.1 Å². The summed E-state index contributed by atoms with van der Waals surface area (Å²) in [5, 5.41) is 19.1. The second-order valence-electron chi connectivity index (χ2n) is 5.46. The van der Waals surface area contributed by atoms with Crippen LogP contribution in [-0.4, -0.2) is 0 Å². The number of nitrogens with zero attached hydrogens (tertiary/aromatic N) is 2. The molecular formula is C18H18N4. The van der Waals surface area contributed by atoms with Crippen molar-refractivity contribution in [3.63, 3.8) is 0 Å². The Morgan fingerprint density at radius 1 is 0.682 bits per heavy atom. The fourth-order valence-electron chi connectivity index (χ4n) is 2.12. The lowest BCUT2D eigenvalue weighted by molar-refractivity contribution is 0.306. The molecule has 0 amide bonds. The van der Waals surface area contributed by atoms with E-state index in [-0.39, 0.29) is 0 Å². The summed E-state index contributed by atoms with van der Waals surface area (Å²) in [7, 11) is 0. The average molecular weight is 290 g/mol. The van der Waals surface area contributed by atoms with E-state index in [1.165, 1.54) is 0 Å². The van der Waals surface area contributed by atoms with Gasteiger partial charge in [0.15, 0.2) is 0 Å². The molecule has 0 saturated carbocycles. The standard InChI is InChI=1S/C18H18N4/c1-17(13-19,15-9-5-3-6-10-15)21-22-18(2,14-20)16-11-7-4-8-12-16/h3-12,21-22H,1-2H3/t17-,18+. The van der Waals surface area contributed by atoms with Gasteiger partial charge in [0.1, 0.15) is 11.1 Å². The van der Waals surface area contributed by atoms with E-state index >= 15 is 0 Å². The molecule has 0 bridgehead atoms. The van der Waals surface area contributed by atoms with E-state index < -0.39 is 11.1 Å². The average Bonchev–Trinajstić information content (AvgIpc) is 2.61. The molecule has 0 heterocycles. The topological polar surface area (TPSA) is 71.6 Å². The normalized spacial score (nSPS) is 15.8. The summed E-state index contributed by atoms with van der Waals surface area (Å²) >= 11 is 0. The van der Waals surface area contributed by atoms with Gasteiger partial charge in [0.25, 0.3) is 0 Å². The van der Waals surface area contributed by atoms with Crippen molar-refractivity contribution in [3.05, 3.63) is 71.8 Å². The minimum Gasteiger partial charge on any atom is -0.232 e. The monoisotopic (exact) mass is 290 g/mol. The highest BCUT2D eigenvalue weighted by molar-refractivity contribution is 5.32. The fourth-order valence-corrected chi connectivity index (χ4v) is 2.12. The highest BCUT2D eigenvalue weighted by Gasteiger charge is 2.32. The molecule has 22 heavy (non-hydrogen) atoms. The van der Waals surface area contributed by atoms with E-state index in [4.69, 9.17) is 0 Å². The molecule has 0 spiro atoms. The van der Waals surface area contributed by atoms with Gasteiger partial charge < -0.3 is 0 Å². The van der Waals surface area contributed by atoms with Gasteiger partial charge in [-0.25, -0.2) is 10.9 Å². The van der Waals surface area contributed by atoms with Crippen LogP contribution in [-0.2, 0) is 11.1 Å². The molecule has 4 nitrogen and oxygen atoms in total. The van der Waals surface area contributed by atoms with Gasteiger partial charge >= 0.3 is 0 Å². The predicted octanol–water partition coefficient (Wildman–Crippen LogP) is 2.96. The maximum atomic E-state index is 9.54. The molecule has 0 aliphatic carbocycles. The van der Waals surface area contributed by atoms with Gasteiger partial charge in [0.2, 0.25) is 0 Å². The number of rotatable bonds is 5. The van der Waals surface area contributed by atoms with Crippen molar-refractivity contribution in [3.8, 4) is 12.1 Å². The Labute approximate surface area is 131 Å². The maximum Gasteiger partial charge on any atom is 0.141 e. The maximum absolute atomic E-state index is 9.54. The summed E-state index contributed by atoms with van der Waals surface area (Å²) < 4.78 is 0. The van der Waals surface area contributed by atoms with E-state index in [2.05, 4.69) is 23.0 Å². The van der Waals surface area contributed by atoms with Gasteiger partial charge in [-0.2, -0.15) is 10.5 Å². The number of nitrogens with one attached hydrogen (secondary N) is 2. The molecule has 2 rings (SSSR count). The molecule has 2 N–H and O–H groups in total. The Balaban J connectivity index is 2.23. The zero-order chi connectivity index (χ0) is 16.1. The molecule has 0 fully saturated rings. The molecule has 2 aromatic carbocycles. The van der Waals surface area contributed by atoms with Crippen LogP contribution in [0, 0.1) is 22.7 Å². The lowest BCUT2D eigenvalue weighted by atomic mass is 9.92. The third kappa shape index (κ3) is 3.15. The van der Waals surface area contributed by atoms with Gasteiger partial charge in [0.05, 0.1) is 12.1 Å². The number of hydrogen-bond donors (Lipinski definition) is 2. The molecule has 4 heteroatoms. The van der Waals surface area contributed by atoms with Gasteiger partial charge in [-0.1, -0.05) is 60.7 Å². The van der Waals surface area contributed by atoms with Crippen LogP contribution < -0.4 is 10.9 Å². The summed E-state index contributed by atoms with van der Waals surface area (Å²) in [5.74, 6) is 0. The van der Waals surface area contributed by atoms with Crippen LogP contribution in [0.1, 0.15) is 25.0 Å². The largest absolute Gasteiger partial charge is 0.232 e. The van der Waals surface area contributed by atoms with Crippen molar-refractivity contribution in [1.82, 2.24) is 10.9 Å². The molecule has 0 radical (unpaired) electrons. The van der Waals surface area contributed by atoms with E-state index in [1.54, 1.807) is 13.8 Å². The summed E-state index contributed by atoms with van der Waals surface area (Å²) in [6.07, 6.45) is 0. The summed E-state index contributed by atoms with van der Waals surface area (Å²) in [6, 6.07) is 23.4. The number of benzene rings is 2. The van der Waals surface area contributed by atoms with Gasteiger partial charge in [-0.15, -0.1) is 0 Å². The quantitative estimate of drug-likeness (QED) is 0.830. The van der Waals surface area contributed by atoms with Crippen molar-refractivity contribution in [2.24, 2.45) is 0 Å². The van der Waals surface area contributed by atoms with Crippen LogP contribution in [0.3, 0.4) is 0 Å². The minimum atomic E-state index is -0.936. The second kappa shape index (κ2) is 6.41. The number of hydrogen-bond acceptors (Lipinski definition) is 4. The third-order valence-electron chi connectivity index (χ3n) is 3.71. The van der Waals surface area contributed by atoms with Crippen molar-refractivity contribution >= 4 is 0 Å². The molecule has 0 aromatic heterocycles. The Morgan fingerprint density at radius 2 is 1.00 bits per heavy atom. The van der Waals surface area contributed by atoms with E-state index in [9.17, 15) is 10.5 Å². The van der Waals surface area contributed by atoms with Gasteiger partial charge in [-0.3, -0.25) is 0 Å². The van der Waals surface area contributed by atoms with Crippen LogP contribution in [0.15, 0.2) is 60.7 Å². The molecule has 0 saturated heterocycles. The molecule has 0 aliphatic rings. The molecule has 110 valence electrons. The van der Waals surface area contributed by atoms with Gasteiger partial charge in [-0.05, 0) is 25.0 Å². The van der Waals surface area contributed by atoms with Crippen LogP contribution in [0.2, 0.25) is 0 Å². The molecule has 2 aromatic rings. The van der Waals surface area contributed by atoms with Gasteiger partial charge in [0, 0.05) is 0 Å². The second-order valence-corrected chi connectivity index (χ2v) is 5.46. The van der Waals surface area contributed by atoms with Crippen LogP contribution in [0.25, 0.3) is 0 Å². The summed E-state index contributed by atoms with van der Waals surface area (Å²) in [4.78, 5) is 0. The van der Waals surface area contributed by atoms with E-state index in [1.807, 2.05) is 60.7 Å². The lowest BCUT2D eigenvalue weighted by Crippen LogP contribution is -2.55. The zero-order valence-electron chi connectivity index (χ0n) is 12.7. The Morgan fingerprint density at radius 3 is 1.27 bits per heavy atom. The van der Waals surface area contributed by atoms with Crippen LogP contribution >= 0.6 is 0 Å². The Bertz CT molecular complexity index is 636. The fraction of sp³-hybridized carbons (Fsp3) is 0.222. The van der Waals surface area contributed by atoms with E-state index in [0.29, 0.717) is 0 Å². The molecular weight excluding hydrogens is 272 g/mol. The van der Waals surface area contributed by atoms with Crippen molar-refractivity contribution < 1.29 is 0 Å². The predicted molar refractivity (Wildman–Crippen MR) is 85.1 cm³/mol. The number of hydrazine groups is 1. The van der Waals surface area contributed by atoms with Crippen molar-refractivity contribution in [1.29, 1.82) is 10.5 Å². The smallest absolute Gasteiger partial charge is 0.141 e.